The molecule has 1 aromatic rings. The zero-order chi connectivity index (χ0) is 11.3. The van der Waals surface area contributed by atoms with Crippen molar-refractivity contribution in [1.29, 1.82) is 0 Å². The lowest BCUT2D eigenvalue weighted by Gasteiger charge is -2.10. The summed E-state index contributed by atoms with van der Waals surface area (Å²) in [4.78, 5) is 11.6. The summed E-state index contributed by atoms with van der Waals surface area (Å²) in [5, 5.41) is 11.1. The highest BCUT2D eigenvalue weighted by Gasteiger charge is 2.15. The Morgan fingerprint density at radius 1 is 1.73 bits per heavy atom. The molecule has 0 aromatic carbocycles. The second-order valence-corrected chi connectivity index (χ2v) is 4.58. The first-order chi connectivity index (χ1) is 7.15. The van der Waals surface area contributed by atoms with E-state index in [1.165, 1.54) is 11.8 Å². The van der Waals surface area contributed by atoms with Crippen LogP contribution in [-0.2, 0) is 11.8 Å². The van der Waals surface area contributed by atoms with Crippen LogP contribution < -0.4 is 5.32 Å². The summed E-state index contributed by atoms with van der Waals surface area (Å²) < 4.78 is 1.80. The molecule has 0 aliphatic carbocycles. The minimum Gasteiger partial charge on any atom is -0.355 e. The van der Waals surface area contributed by atoms with Crippen molar-refractivity contribution < 1.29 is 4.79 Å². The molecule has 84 valence electrons. The van der Waals surface area contributed by atoms with Crippen molar-refractivity contribution in [2.75, 3.05) is 6.54 Å². The Labute approximate surface area is 93.6 Å². The summed E-state index contributed by atoms with van der Waals surface area (Å²) in [7, 11) is 1.86. The molecule has 1 atom stereocenters. The van der Waals surface area contributed by atoms with Crippen molar-refractivity contribution in [2.45, 2.75) is 30.7 Å². The molecular formula is C9H16N4OS. The number of amides is 1. The fraction of sp³-hybridized carbons (Fsp3) is 0.667. The van der Waals surface area contributed by atoms with Gasteiger partial charge in [-0.1, -0.05) is 18.7 Å². The second-order valence-electron chi connectivity index (χ2n) is 3.28. The number of aryl methyl sites for hydroxylation is 1. The molecular weight excluding hydrogens is 212 g/mol. The highest BCUT2D eigenvalue weighted by molar-refractivity contribution is 8.00. The molecule has 1 rings (SSSR count). The maximum Gasteiger partial charge on any atom is 0.233 e. The third-order valence-corrected chi connectivity index (χ3v) is 3.02. The van der Waals surface area contributed by atoms with Gasteiger partial charge in [0.05, 0.1) is 5.25 Å². The number of nitrogens with zero attached hydrogens (tertiary/aromatic N) is 3. The molecule has 0 radical (unpaired) electrons. The van der Waals surface area contributed by atoms with Crippen LogP contribution >= 0.6 is 11.8 Å². The lowest BCUT2D eigenvalue weighted by Crippen LogP contribution is -2.31. The van der Waals surface area contributed by atoms with Crippen LogP contribution in [0.4, 0.5) is 0 Å². The zero-order valence-electron chi connectivity index (χ0n) is 9.23. The van der Waals surface area contributed by atoms with Gasteiger partial charge >= 0.3 is 0 Å². The first-order valence-corrected chi connectivity index (χ1v) is 5.81. The van der Waals surface area contributed by atoms with E-state index in [0.29, 0.717) is 0 Å². The molecule has 1 heterocycles. The first kappa shape index (κ1) is 12.0. The van der Waals surface area contributed by atoms with Crippen LogP contribution in [0.1, 0.15) is 20.3 Å². The lowest BCUT2D eigenvalue weighted by atomic mass is 10.4. The van der Waals surface area contributed by atoms with Gasteiger partial charge in [-0.25, -0.2) is 0 Å². The van der Waals surface area contributed by atoms with Crippen LogP contribution in [0.15, 0.2) is 11.5 Å². The van der Waals surface area contributed by atoms with Crippen molar-refractivity contribution in [3.8, 4) is 0 Å². The van der Waals surface area contributed by atoms with Gasteiger partial charge in [0.2, 0.25) is 5.91 Å². The molecule has 0 aliphatic rings. The van der Waals surface area contributed by atoms with E-state index in [2.05, 4.69) is 15.5 Å². The SMILES string of the molecule is CCCNC(=O)[C@H](C)Sc1nncn1C. The van der Waals surface area contributed by atoms with Gasteiger partial charge in [-0.15, -0.1) is 10.2 Å². The maximum atomic E-state index is 11.6. The molecule has 0 saturated heterocycles. The minimum atomic E-state index is -0.139. The molecule has 5 nitrogen and oxygen atoms in total. The largest absolute Gasteiger partial charge is 0.355 e. The quantitative estimate of drug-likeness (QED) is 0.758. The Kier molecular flexibility index (Phi) is 4.61. The number of hydrogen-bond acceptors (Lipinski definition) is 4. The molecule has 0 spiro atoms. The summed E-state index contributed by atoms with van der Waals surface area (Å²) in [5.74, 6) is 0.0462. The number of carbonyl (C=O) groups excluding carboxylic acids is 1. The van der Waals surface area contributed by atoms with E-state index < -0.39 is 0 Å². The van der Waals surface area contributed by atoms with E-state index in [1.807, 2.05) is 20.9 Å². The van der Waals surface area contributed by atoms with Crippen LogP contribution in [0.2, 0.25) is 0 Å². The van der Waals surface area contributed by atoms with Crippen LogP contribution in [-0.4, -0.2) is 32.5 Å². The summed E-state index contributed by atoms with van der Waals surface area (Å²) >= 11 is 1.41. The zero-order valence-corrected chi connectivity index (χ0v) is 10.0. The highest BCUT2D eigenvalue weighted by atomic mass is 32.2. The number of thioether (sulfide) groups is 1. The average molecular weight is 228 g/mol. The van der Waals surface area contributed by atoms with Gasteiger partial charge in [0.15, 0.2) is 5.16 Å². The van der Waals surface area contributed by atoms with E-state index in [0.717, 1.165) is 18.1 Å². The summed E-state index contributed by atoms with van der Waals surface area (Å²) in [6.07, 6.45) is 2.58. The third-order valence-electron chi connectivity index (χ3n) is 1.87. The molecule has 0 saturated carbocycles. The number of aromatic nitrogens is 3. The molecule has 0 bridgehead atoms. The molecule has 0 unspecified atom stereocenters. The Balaban J connectivity index is 2.45. The molecule has 1 amide bonds. The maximum absolute atomic E-state index is 11.6. The predicted molar refractivity (Wildman–Crippen MR) is 59.6 cm³/mol. The Hall–Kier alpha value is -1.04. The molecule has 0 fully saturated rings. The van der Waals surface area contributed by atoms with Crippen molar-refractivity contribution >= 4 is 17.7 Å². The monoisotopic (exact) mass is 228 g/mol. The van der Waals surface area contributed by atoms with Crippen molar-refractivity contribution in [1.82, 2.24) is 20.1 Å². The fourth-order valence-corrected chi connectivity index (χ4v) is 1.80. The number of rotatable bonds is 5. The molecule has 1 N–H and O–H groups in total. The first-order valence-electron chi connectivity index (χ1n) is 4.93. The predicted octanol–water partition coefficient (Wildman–Crippen LogP) is 0.822. The molecule has 0 aliphatic heterocycles. The highest BCUT2D eigenvalue weighted by Crippen LogP contribution is 2.19. The van der Waals surface area contributed by atoms with E-state index >= 15 is 0 Å². The van der Waals surface area contributed by atoms with Crippen molar-refractivity contribution in [2.24, 2.45) is 7.05 Å². The van der Waals surface area contributed by atoms with Crippen LogP contribution in [0.25, 0.3) is 0 Å². The molecule has 6 heteroatoms. The van der Waals surface area contributed by atoms with Gasteiger partial charge in [-0.05, 0) is 13.3 Å². The van der Waals surface area contributed by atoms with Gasteiger partial charge in [-0.2, -0.15) is 0 Å². The topological polar surface area (TPSA) is 59.8 Å². The van der Waals surface area contributed by atoms with E-state index in [4.69, 9.17) is 0 Å². The number of hydrogen-bond donors (Lipinski definition) is 1. The van der Waals surface area contributed by atoms with Gasteiger partial charge in [0.1, 0.15) is 6.33 Å². The van der Waals surface area contributed by atoms with Gasteiger partial charge in [0, 0.05) is 13.6 Å². The fourth-order valence-electron chi connectivity index (χ4n) is 0.983. The number of nitrogens with one attached hydrogen (secondary N) is 1. The average Bonchev–Trinajstić information content (AvgIpc) is 2.61. The third kappa shape index (κ3) is 3.54. The van der Waals surface area contributed by atoms with E-state index in [9.17, 15) is 4.79 Å². The summed E-state index contributed by atoms with van der Waals surface area (Å²) in [6.45, 7) is 4.62. The summed E-state index contributed by atoms with van der Waals surface area (Å²) in [6, 6.07) is 0. The van der Waals surface area contributed by atoms with Gasteiger partial charge < -0.3 is 9.88 Å². The van der Waals surface area contributed by atoms with Crippen LogP contribution in [0, 0.1) is 0 Å². The standard InChI is InChI=1S/C9H16N4OS/c1-4-5-10-8(14)7(2)15-9-12-11-6-13(9)3/h6-7H,4-5H2,1-3H3,(H,10,14)/t7-/m0/s1. The Bertz CT molecular complexity index is 326. The Morgan fingerprint density at radius 2 is 2.47 bits per heavy atom. The lowest BCUT2D eigenvalue weighted by molar-refractivity contribution is -0.120. The van der Waals surface area contributed by atoms with E-state index in [-0.39, 0.29) is 11.2 Å². The normalized spacial score (nSPS) is 12.5. The van der Waals surface area contributed by atoms with Crippen molar-refractivity contribution in [3.63, 3.8) is 0 Å². The van der Waals surface area contributed by atoms with Crippen molar-refractivity contribution in [3.05, 3.63) is 6.33 Å². The van der Waals surface area contributed by atoms with E-state index in [1.54, 1.807) is 10.9 Å². The Morgan fingerprint density at radius 3 is 3.00 bits per heavy atom. The van der Waals surface area contributed by atoms with Gasteiger partial charge in [-0.3, -0.25) is 4.79 Å². The van der Waals surface area contributed by atoms with Gasteiger partial charge in [0.25, 0.3) is 0 Å². The number of carbonyl (C=O) groups is 1. The minimum absolute atomic E-state index is 0.0462. The second kappa shape index (κ2) is 5.75. The molecule has 1 aromatic heterocycles. The molecule has 15 heavy (non-hydrogen) atoms. The van der Waals surface area contributed by atoms with Crippen LogP contribution in [0.3, 0.4) is 0 Å². The smallest absolute Gasteiger partial charge is 0.233 e. The van der Waals surface area contributed by atoms with Crippen LogP contribution in [0.5, 0.6) is 0 Å². The summed E-state index contributed by atoms with van der Waals surface area (Å²) in [5.41, 5.74) is 0.